The summed E-state index contributed by atoms with van der Waals surface area (Å²) in [5, 5.41) is 17.6. The van der Waals surface area contributed by atoms with Crippen LogP contribution in [0.2, 0.25) is 0 Å². The van der Waals surface area contributed by atoms with E-state index in [1.807, 2.05) is 13.8 Å². The van der Waals surface area contributed by atoms with Gasteiger partial charge in [0.05, 0.1) is 6.10 Å². The van der Waals surface area contributed by atoms with Gasteiger partial charge in [0.25, 0.3) is 0 Å². The molecule has 68 heavy (non-hydrogen) atoms. The van der Waals surface area contributed by atoms with E-state index < -0.39 is 8.25 Å². The molecule has 5 unspecified atom stereocenters. The monoisotopic (exact) mass is 1150 g/mol. The first-order valence-electron chi connectivity index (χ1n) is 27.3. The van der Waals surface area contributed by atoms with Crippen molar-refractivity contribution in [3.63, 3.8) is 0 Å². The third-order valence-corrected chi connectivity index (χ3v) is 15.5. The van der Waals surface area contributed by atoms with Crippen LogP contribution < -0.4 is 10.2 Å². The minimum Gasteiger partial charge on any atom is -0.674 e. The normalized spacial score (nSPS) is 21.5. The van der Waals surface area contributed by atoms with Gasteiger partial charge in [-0.25, -0.2) is 4.67 Å². The van der Waals surface area contributed by atoms with Crippen molar-refractivity contribution in [2.75, 3.05) is 28.2 Å². The van der Waals surface area contributed by atoms with Gasteiger partial charge < -0.3 is 29.8 Å². The number of carbonyl (C=O) groups is 1. The molecule has 0 heterocycles. The van der Waals surface area contributed by atoms with E-state index >= 15 is 0 Å². The van der Waals surface area contributed by atoms with Crippen LogP contribution in [0.25, 0.3) is 0 Å². The van der Waals surface area contributed by atoms with Crippen LogP contribution in [0, 0.1) is 23.7 Å². The summed E-state index contributed by atoms with van der Waals surface area (Å²) in [6.07, 6.45) is 52.0. The molecule has 0 bridgehead atoms. The van der Waals surface area contributed by atoms with Crippen LogP contribution in [0.1, 0.15) is 267 Å². The zero-order valence-electron chi connectivity index (χ0n) is 45.2. The van der Waals surface area contributed by atoms with Crippen LogP contribution in [-0.2, 0) is 87.0 Å². The van der Waals surface area contributed by atoms with E-state index in [-0.39, 0.29) is 87.9 Å². The Bertz CT molecular complexity index is 942. The van der Waals surface area contributed by atoms with Crippen molar-refractivity contribution >= 4 is 14.2 Å². The van der Waals surface area contributed by atoms with Crippen molar-refractivity contribution in [1.82, 2.24) is 9.80 Å². The van der Waals surface area contributed by atoms with E-state index in [0.29, 0.717) is 11.8 Å². The van der Waals surface area contributed by atoms with Crippen LogP contribution >= 0.6 is 8.25 Å². The van der Waals surface area contributed by atoms with E-state index in [1.54, 1.807) is 0 Å². The Labute approximate surface area is 466 Å². The molecule has 0 aromatic rings. The molecule has 0 aromatic carbocycles. The topological polar surface area (TPSA) is 125 Å². The Morgan fingerprint density at radius 1 is 0.471 bits per heavy atom. The van der Waals surface area contributed by atoms with Crippen LogP contribution in [0.4, 0.5) is 0 Å². The van der Waals surface area contributed by atoms with Crippen molar-refractivity contribution in [2.24, 2.45) is 23.7 Å². The Balaban J connectivity index is -0.000000163. The molecular formula is C54H110Fe4N2O7P-. The van der Waals surface area contributed by atoms with Gasteiger partial charge in [-0.2, -0.15) is 0 Å². The average Bonchev–Trinajstić information content (AvgIpc) is 4.14. The fraction of sp³-hybridized carbons (Fsp3) is 0.981. The molecule has 0 amide bonds. The zero-order chi connectivity index (χ0) is 47.8. The maximum Gasteiger partial charge on any atom is 0.479 e. The third kappa shape index (κ3) is 47.1. The van der Waals surface area contributed by atoms with Gasteiger partial charge in [0.2, 0.25) is 0 Å². The molecular weight excluding hydrogens is 1040 g/mol. The van der Waals surface area contributed by atoms with Gasteiger partial charge in [0, 0.05) is 88.7 Å². The molecule has 8 aliphatic carbocycles. The van der Waals surface area contributed by atoms with Crippen LogP contribution in [-0.4, -0.2) is 73.4 Å². The summed E-state index contributed by atoms with van der Waals surface area (Å²) in [5.41, 5.74) is 0. The minimum atomic E-state index is -3.15. The quantitative estimate of drug-likeness (QED) is 0.0831. The van der Waals surface area contributed by atoms with E-state index in [4.69, 9.17) is 24.6 Å². The van der Waals surface area contributed by atoms with E-state index in [2.05, 4.69) is 56.5 Å². The molecule has 0 aliphatic heterocycles. The second-order valence-corrected chi connectivity index (χ2v) is 21.6. The molecule has 8 fully saturated rings. The molecule has 0 spiro atoms. The largest absolute Gasteiger partial charge is 0.674 e. The van der Waals surface area contributed by atoms with Crippen molar-refractivity contribution in [1.29, 1.82) is 0 Å². The SMILES string of the molecule is C1CCCC1.C1CCCC1.C1CCCC1.C1CCCC1.CC(=O)OC(C)C1CCCC1.CC(C1CCCC1)N(C)C.CC(C1CCCC1)N(C)C.CC(O)C1CCCC1.O=[P+]([O-])O[O-].[Fe].[Fe].[Fe].[Fe].[HH]. The molecule has 0 radical (unpaired) electrons. The molecule has 5 atom stereocenters. The fourth-order valence-corrected chi connectivity index (χ4v) is 10.5. The van der Waals surface area contributed by atoms with Crippen molar-refractivity contribution in [3.8, 4) is 0 Å². The molecule has 14 heteroatoms. The number of carbonyl (C=O) groups excluding carboxylic acids is 1. The van der Waals surface area contributed by atoms with Crippen molar-refractivity contribution < 1.29 is 104 Å². The molecule has 8 rings (SSSR count). The summed E-state index contributed by atoms with van der Waals surface area (Å²) in [6, 6.07) is 1.59. The molecule has 9 nitrogen and oxygen atoms in total. The van der Waals surface area contributed by atoms with Gasteiger partial charge in [-0.05, 0) is 135 Å². The number of aliphatic hydroxyl groups excluding tert-OH is 1. The van der Waals surface area contributed by atoms with Gasteiger partial charge >= 0.3 is 14.2 Å². The smallest absolute Gasteiger partial charge is 0.479 e. The Morgan fingerprint density at radius 2 is 0.662 bits per heavy atom. The molecule has 8 saturated carbocycles. The first-order valence-corrected chi connectivity index (χ1v) is 28.4. The summed E-state index contributed by atoms with van der Waals surface area (Å²) >= 11 is 0. The summed E-state index contributed by atoms with van der Waals surface area (Å²) in [6.45, 7) is 10.1. The number of nitrogens with zero attached hydrogens (tertiary/aromatic N) is 2. The Morgan fingerprint density at radius 3 is 0.809 bits per heavy atom. The first kappa shape index (κ1) is 78.3. The average molecular weight is 1150 g/mol. The number of hydrogen-bond acceptors (Lipinski definition) is 9. The molecule has 0 aromatic heterocycles. The van der Waals surface area contributed by atoms with Crippen LogP contribution in [0.5, 0.6) is 0 Å². The molecule has 416 valence electrons. The number of rotatable bonds is 8. The van der Waals surface area contributed by atoms with E-state index in [1.165, 1.54) is 238 Å². The van der Waals surface area contributed by atoms with Gasteiger partial charge in [-0.1, -0.05) is 180 Å². The molecule has 1 N–H and O–H groups in total. The summed E-state index contributed by atoms with van der Waals surface area (Å²) < 4.78 is 16.4. The maximum absolute atomic E-state index is 10.6. The van der Waals surface area contributed by atoms with Gasteiger partial charge in [-0.15, -0.1) is 0 Å². The van der Waals surface area contributed by atoms with Gasteiger partial charge in [0.1, 0.15) is 6.10 Å². The summed E-state index contributed by atoms with van der Waals surface area (Å²) in [5.74, 6) is 3.06. The van der Waals surface area contributed by atoms with E-state index in [9.17, 15) is 4.79 Å². The van der Waals surface area contributed by atoms with Crippen LogP contribution in [0.15, 0.2) is 0 Å². The second kappa shape index (κ2) is 54.7. The standard InChI is InChI=1S/2C9H19N.C9H16O2.C7H14O.4C5H10.4Fe.HO4P.H2/c2*1-8(10(2)3)9-6-4-5-7-9;1-7(11-8(2)10)9-5-3-4-6-9;1-6(8)7-4-2-3-5-7;4*1-2-4-5-3-1;;;;;1-4-5(2)3;/h2*8-9H,4-7H2,1-3H3;7,9H,3-6H2,1-2H3;6-8H,2-5H2,1H3;4*1-5H2;;;;;1H;1H/p-1. The Hall–Kier alpha value is 1.41. The maximum atomic E-state index is 10.6. The molecule has 0 saturated heterocycles. The summed E-state index contributed by atoms with van der Waals surface area (Å²) in [4.78, 5) is 24.1. The second-order valence-electron chi connectivity index (χ2n) is 21.0. The minimum absolute atomic E-state index is 0. The number of aliphatic hydroxyl groups is 1. The van der Waals surface area contributed by atoms with Gasteiger partial charge in [-0.3, -0.25) is 4.79 Å². The van der Waals surface area contributed by atoms with E-state index in [0.717, 1.165) is 23.9 Å². The number of esters is 1. The first-order chi connectivity index (χ1) is 30.7. The zero-order valence-corrected chi connectivity index (χ0v) is 50.5. The fourth-order valence-electron chi connectivity index (χ4n) is 10.5. The Kier molecular flexibility index (Phi) is 62.9. The summed E-state index contributed by atoms with van der Waals surface area (Å²) in [7, 11) is 5.58. The number of hydrogen-bond donors (Lipinski definition) is 1. The number of ether oxygens (including phenoxy) is 1. The van der Waals surface area contributed by atoms with Crippen molar-refractivity contribution in [3.05, 3.63) is 0 Å². The predicted molar refractivity (Wildman–Crippen MR) is 270 cm³/mol. The van der Waals surface area contributed by atoms with Gasteiger partial charge in [0.15, 0.2) is 0 Å². The van der Waals surface area contributed by atoms with Crippen LogP contribution in [0.3, 0.4) is 0 Å². The molecule has 8 aliphatic rings. The predicted octanol–water partition coefficient (Wildman–Crippen LogP) is 14.3. The van der Waals surface area contributed by atoms with Crippen molar-refractivity contribution in [2.45, 2.75) is 290 Å². The third-order valence-electron chi connectivity index (χ3n) is 15.4.